The molecule has 13 heteroatoms. The van der Waals surface area contributed by atoms with E-state index in [9.17, 15) is 36.2 Å². The van der Waals surface area contributed by atoms with Gasteiger partial charge in [0.1, 0.15) is 23.9 Å². The van der Waals surface area contributed by atoms with Crippen LogP contribution in [0.3, 0.4) is 0 Å². The Bertz CT molecular complexity index is 1160. The Balaban J connectivity index is 2.02. The van der Waals surface area contributed by atoms with Gasteiger partial charge in [0.05, 0.1) is 4.47 Å². The Hall–Kier alpha value is -3.37. The predicted molar refractivity (Wildman–Crippen MR) is 132 cm³/mol. The van der Waals surface area contributed by atoms with Gasteiger partial charge in [-0.2, -0.15) is 26.3 Å². The number of alkyl halides is 6. The first-order chi connectivity index (χ1) is 18.3. The van der Waals surface area contributed by atoms with Crippen molar-refractivity contribution in [2.75, 3.05) is 26.4 Å². The van der Waals surface area contributed by atoms with Crippen LogP contribution in [-0.2, 0) is 16.0 Å². The third-order valence-corrected chi connectivity index (χ3v) is 5.12. The van der Waals surface area contributed by atoms with Crippen LogP contribution in [0.25, 0.3) is 0 Å². The van der Waals surface area contributed by atoms with Gasteiger partial charge in [-0.25, -0.2) is 4.79 Å². The van der Waals surface area contributed by atoms with Crippen molar-refractivity contribution < 1.29 is 55.2 Å². The number of hydrogen-bond acceptors (Lipinski definition) is 5. The largest absolute Gasteiger partial charge is 0.488 e. The molecule has 0 saturated carbocycles. The molecule has 0 amide bonds. The van der Waals surface area contributed by atoms with Gasteiger partial charge in [0.25, 0.3) is 0 Å². The summed E-state index contributed by atoms with van der Waals surface area (Å²) in [5, 5.41) is 9.21. The van der Waals surface area contributed by atoms with Crippen molar-refractivity contribution in [1.82, 2.24) is 0 Å². The summed E-state index contributed by atoms with van der Waals surface area (Å²) < 4.78 is 95.4. The highest BCUT2D eigenvalue weighted by Gasteiger charge is 2.30. The number of hydrogen-bond donors (Lipinski definition) is 1. The van der Waals surface area contributed by atoms with Gasteiger partial charge in [-0.05, 0) is 64.8 Å². The number of rotatable bonds is 12. The lowest BCUT2D eigenvalue weighted by molar-refractivity contribution is -0.154. The maximum absolute atomic E-state index is 12.5. The molecule has 0 heterocycles. The van der Waals surface area contributed by atoms with Crippen molar-refractivity contribution in [1.29, 1.82) is 0 Å². The molecule has 0 bridgehead atoms. The smallest absolute Gasteiger partial charge is 0.422 e. The zero-order valence-corrected chi connectivity index (χ0v) is 22.0. The summed E-state index contributed by atoms with van der Waals surface area (Å²) in [7, 11) is 0. The first-order valence-corrected chi connectivity index (χ1v) is 12.0. The third kappa shape index (κ3) is 12.8. The van der Waals surface area contributed by atoms with Crippen LogP contribution in [0.5, 0.6) is 17.2 Å². The normalized spacial score (nSPS) is 12.5. The van der Waals surface area contributed by atoms with E-state index in [1.165, 1.54) is 12.2 Å². The Morgan fingerprint density at radius 3 is 2.13 bits per heavy atom. The van der Waals surface area contributed by atoms with Crippen LogP contribution in [-0.4, -0.2) is 56.0 Å². The number of halogens is 7. The fraction of sp³-hybridized carbons (Fsp3) is 0.346. The first-order valence-electron chi connectivity index (χ1n) is 11.2. The summed E-state index contributed by atoms with van der Waals surface area (Å²) in [6, 6.07) is 8.25. The van der Waals surface area contributed by atoms with E-state index in [-0.39, 0.29) is 36.7 Å². The second-order valence-corrected chi connectivity index (χ2v) is 8.59. The zero-order chi connectivity index (χ0) is 29.1. The number of carboxylic acids is 1. The molecule has 0 saturated heterocycles. The van der Waals surface area contributed by atoms with Crippen molar-refractivity contribution in [2.45, 2.75) is 31.8 Å². The van der Waals surface area contributed by atoms with Gasteiger partial charge in [0.2, 0.25) is 0 Å². The zero-order valence-electron chi connectivity index (χ0n) is 20.4. The quantitative estimate of drug-likeness (QED) is 0.219. The Kier molecular flexibility index (Phi) is 12.0. The van der Waals surface area contributed by atoms with E-state index >= 15 is 0 Å². The van der Waals surface area contributed by atoms with E-state index in [0.717, 1.165) is 23.8 Å². The first kappa shape index (κ1) is 31.8. The molecule has 6 nitrogen and oxygen atoms in total. The molecule has 0 radical (unpaired) electrons. The van der Waals surface area contributed by atoms with Crippen molar-refractivity contribution >= 4 is 21.9 Å². The van der Waals surface area contributed by atoms with Crippen LogP contribution in [0, 0.1) is 11.8 Å². The fourth-order valence-electron chi connectivity index (χ4n) is 2.93. The van der Waals surface area contributed by atoms with Crippen molar-refractivity contribution in [3.05, 3.63) is 64.1 Å². The number of benzene rings is 2. The second kappa shape index (κ2) is 14.7. The maximum Gasteiger partial charge on any atom is 0.422 e. The van der Waals surface area contributed by atoms with E-state index in [1.807, 2.05) is 0 Å². The summed E-state index contributed by atoms with van der Waals surface area (Å²) >= 11 is 3.36. The summed E-state index contributed by atoms with van der Waals surface area (Å²) in [6.07, 6.45) is -7.16. The summed E-state index contributed by atoms with van der Waals surface area (Å²) in [4.78, 5) is 11.3. The number of carboxylic acid groups (broad SMARTS) is 1. The standard InChI is InChI=1S/C26H23BrF6O6/c1-2-36-23(24(34)35)13-18-7-8-22(21(27)12-18)37-9-5-3-4-6-17-10-19(38-15-25(28,29)30)14-20(11-17)39-16-26(31,32)33/h3,5,7-8,10-12,14,23H,2,9,13,15-16H2,1H3,(H,34,35)/b5-3-. The molecule has 0 aliphatic rings. The van der Waals surface area contributed by atoms with Crippen molar-refractivity contribution in [2.24, 2.45) is 0 Å². The molecule has 1 N–H and O–H groups in total. The lowest BCUT2D eigenvalue weighted by Gasteiger charge is -2.13. The third-order valence-electron chi connectivity index (χ3n) is 4.50. The van der Waals surface area contributed by atoms with Crippen LogP contribution in [0.1, 0.15) is 18.1 Å². The molecule has 212 valence electrons. The predicted octanol–water partition coefficient (Wildman–Crippen LogP) is 6.35. The highest BCUT2D eigenvalue weighted by atomic mass is 79.9. The number of carbonyl (C=O) groups is 1. The molecule has 0 aromatic heterocycles. The highest BCUT2D eigenvalue weighted by Crippen LogP contribution is 2.28. The SMILES string of the molecule is CCOC(Cc1ccc(OC/C=C\C#Cc2cc(OCC(F)(F)F)cc(OCC(F)(F)F)c2)c(Br)c1)C(=O)O. The molecule has 0 aliphatic carbocycles. The Morgan fingerprint density at radius 2 is 1.62 bits per heavy atom. The van der Waals surface area contributed by atoms with Crippen LogP contribution >= 0.6 is 15.9 Å². The van der Waals surface area contributed by atoms with Crippen LogP contribution in [0.4, 0.5) is 26.3 Å². The minimum Gasteiger partial charge on any atom is -0.488 e. The minimum absolute atomic E-state index is 0.0717. The van der Waals surface area contributed by atoms with E-state index in [0.29, 0.717) is 10.2 Å². The second-order valence-electron chi connectivity index (χ2n) is 7.73. The van der Waals surface area contributed by atoms with Crippen LogP contribution in [0.15, 0.2) is 53.0 Å². The summed E-state index contributed by atoms with van der Waals surface area (Å²) in [6.45, 7) is -1.22. The molecule has 1 atom stereocenters. The summed E-state index contributed by atoms with van der Waals surface area (Å²) in [5.74, 6) is 3.90. The molecular formula is C26H23BrF6O6. The van der Waals surface area contributed by atoms with E-state index in [4.69, 9.17) is 9.47 Å². The van der Waals surface area contributed by atoms with Crippen LogP contribution < -0.4 is 14.2 Å². The Morgan fingerprint density at radius 1 is 1.00 bits per heavy atom. The van der Waals surface area contributed by atoms with Gasteiger partial charge in [0, 0.05) is 24.7 Å². The van der Waals surface area contributed by atoms with Gasteiger partial charge >= 0.3 is 18.3 Å². The average molecular weight is 625 g/mol. The molecule has 2 aromatic carbocycles. The lowest BCUT2D eigenvalue weighted by Crippen LogP contribution is -2.26. The van der Waals surface area contributed by atoms with Crippen LogP contribution in [0.2, 0.25) is 0 Å². The van der Waals surface area contributed by atoms with Gasteiger partial charge in [-0.3, -0.25) is 0 Å². The minimum atomic E-state index is -4.64. The van der Waals surface area contributed by atoms with E-state index < -0.39 is 37.6 Å². The number of allylic oxidation sites excluding steroid dienone is 1. The molecule has 2 aromatic rings. The summed E-state index contributed by atoms with van der Waals surface area (Å²) in [5.41, 5.74) is 0.791. The molecule has 0 aliphatic heterocycles. The fourth-order valence-corrected chi connectivity index (χ4v) is 3.47. The average Bonchev–Trinajstić information content (AvgIpc) is 2.83. The van der Waals surface area contributed by atoms with Gasteiger partial charge in [-0.1, -0.05) is 17.9 Å². The van der Waals surface area contributed by atoms with Crippen molar-refractivity contribution in [3.8, 4) is 29.1 Å². The topological polar surface area (TPSA) is 74.2 Å². The molecule has 0 spiro atoms. The monoisotopic (exact) mass is 624 g/mol. The molecular weight excluding hydrogens is 602 g/mol. The van der Waals surface area contributed by atoms with Crippen molar-refractivity contribution in [3.63, 3.8) is 0 Å². The number of ether oxygens (including phenoxy) is 4. The molecule has 0 fully saturated rings. The van der Waals surface area contributed by atoms with Gasteiger partial charge < -0.3 is 24.1 Å². The molecule has 2 rings (SSSR count). The van der Waals surface area contributed by atoms with E-state index in [2.05, 4.69) is 37.2 Å². The lowest BCUT2D eigenvalue weighted by atomic mass is 10.1. The molecule has 1 unspecified atom stereocenters. The van der Waals surface area contributed by atoms with Gasteiger partial charge in [-0.15, -0.1) is 0 Å². The number of aliphatic carboxylic acids is 1. The van der Waals surface area contributed by atoms with E-state index in [1.54, 1.807) is 25.1 Å². The molecule has 39 heavy (non-hydrogen) atoms. The van der Waals surface area contributed by atoms with Gasteiger partial charge in [0.15, 0.2) is 19.3 Å². The maximum atomic E-state index is 12.5. The Labute approximate surface area is 228 Å². The highest BCUT2D eigenvalue weighted by molar-refractivity contribution is 9.10.